The fourth-order valence-electron chi connectivity index (χ4n) is 2.07. The number of carbonyl (C=O) groups excluding carboxylic acids is 1. The van der Waals surface area contributed by atoms with Crippen molar-refractivity contribution in [3.63, 3.8) is 0 Å². The summed E-state index contributed by atoms with van der Waals surface area (Å²) in [4.78, 5) is 22.6. The summed E-state index contributed by atoms with van der Waals surface area (Å²) < 4.78 is 0. The summed E-state index contributed by atoms with van der Waals surface area (Å²) in [6.45, 7) is 8.01. The lowest BCUT2D eigenvalue weighted by molar-refractivity contribution is -0.139. The first-order valence-corrected chi connectivity index (χ1v) is 6.75. The van der Waals surface area contributed by atoms with Crippen LogP contribution in [0.5, 0.6) is 0 Å². The molecule has 0 aliphatic heterocycles. The number of carboxylic acids is 1. The van der Waals surface area contributed by atoms with E-state index in [2.05, 4.69) is 24.5 Å². The molecule has 0 aromatic heterocycles. The van der Waals surface area contributed by atoms with Crippen molar-refractivity contribution in [2.24, 2.45) is 5.92 Å². The largest absolute Gasteiger partial charge is 0.480 e. The third-order valence-corrected chi connectivity index (χ3v) is 3.30. The number of rotatable bonds is 8. The number of hydrogen-bond acceptors (Lipinski definition) is 2. The van der Waals surface area contributed by atoms with Gasteiger partial charge in [0.25, 0.3) is 0 Å². The molecule has 2 amide bonds. The van der Waals surface area contributed by atoms with E-state index in [-0.39, 0.29) is 6.04 Å². The van der Waals surface area contributed by atoms with Gasteiger partial charge >= 0.3 is 12.0 Å². The standard InChI is InChI=1S/C13H26N2O3/c1-5-8-11(12(16)17)15-13(18)14-9(4)10(6-2)7-3/h9-11H,5-8H2,1-4H3,(H,16,17)(H2,14,15,18). The molecule has 0 aromatic rings. The number of aliphatic carboxylic acids is 1. The molecule has 0 bridgehead atoms. The van der Waals surface area contributed by atoms with E-state index in [9.17, 15) is 9.59 Å². The second-order valence-corrected chi connectivity index (χ2v) is 4.66. The molecular formula is C13H26N2O3. The second-order valence-electron chi connectivity index (χ2n) is 4.66. The predicted octanol–water partition coefficient (Wildman–Crippen LogP) is 2.36. The Balaban J connectivity index is 4.27. The third-order valence-electron chi connectivity index (χ3n) is 3.30. The molecular weight excluding hydrogens is 232 g/mol. The highest BCUT2D eigenvalue weighted by molar-refractivity contribution is 5.82. The predicted molar refractivity (Wildman–Crippen MR) is 71.5 cm³/mol. The Morgan fingerprint density at radius 2 is 1.67 bits per heavy atom. The van der Waals surface area contributed by atoms with E-state index in [1.165, 1.54) is 0 Å². The molecule has 0 spiro atoms. The van der Waals surface area contributed by atoms with E-state index in [0.717, 1.165) is 19.3 Å². The van der Waals surface area contributed by atoms with Crippen LogP contribution in [0.4, 0.5) is 4.79 Å². The monoisotopic (exact) mass is 258 g/mol. The van der Waals surface area contributed by atoms with Crippen molar-refractivity contribution in [2.45, 2.75) is 65.5 Å². The molecule has 2 atom stereocenters. The lowest BCUT2D eigenvalue weighted by Crippen LogP contribution is -2.49. The normalized spacial score (nSPS) is 14.1. The molecule has 0 aliphatic rings. The van der Waals surface area contributed by atoms with Crippen LogP contribution in [0.25, 0.3) is 0 Å². The van der Waals surface area contributed by atoms with Crippen molar-refractivity contribution < 1.29 is 14.7 Å². The van der Waals surface area contributed by atoms with Crippen molar-refractivity contribution in [1.82, 2.24) is 10.6 Å². The van der Waals surface area contributed by atoms with E-state index in [0.29, 0.717) is 12.3 Å². The van der Waals surface area contributed by atoms with Crippen LogP contribution in [0.2, 0.25) is 0 Å². The van der Waals surface area contributed by atoms with Gasteiger partial charge in [-0.15, -0.1) is 0 Å². The average molecular weight is 258 g/mol. The molecule has 2 unspecified atom stereocenters. The Labute approximate surface area is 109 Å². The van der Waals surface area contributed by atoms with Crippen LogP contribution >= 0.6 is 0 Å². The third kappa shape index (κ3) is 5.89. The zero-order valence-corrected chi connectivity index (χ0v) is 11.8. The first kappa shape index (κ1) is 16.7. The second kappa shape index (κ2) is 8.78. The Kier molecular flexibility index (Phi) is 8.16. The molecule has 0 aromatic carbocycles. The number of amides is 2. The topological polar surface area (TPSA) is 78.4 Å². The first-order chi connectivity index (χ1) is 8.46. The maximum absolute atomic E-state index is 11.7. The number of hydrogen-bond donors (Lipinski definition) is 3. The van der Waals surface area contributed by atoms with Gasteiger partial charge < -0.3 is 15.7 Å². The highest BCUT2D eigenvalue weighted by Gasteiger charge is 2.21. The van der Waals surface area contributed by atoms with Crippen LogP contribution < -0.4 is 10.6 Å². The highest BCUT2D eigenvalue weighted by Crippen LogP contribution is 2.12. The molecule has 0 rings (SSSR count). The lowest BCUT2D eigenvalue weighted by Gasteiger charge is -2.23. The first-order valence-electron chi connectivity index (χ1n) is 6.75. The summed E-state index contributed by atoms with van der Waals surface area (Å²) in [7, 11) is 0. The fraction of sp³-hybridized carbons (Fsp3) is 0.846. The molecule has 5 heteroatoms. The number of nitrogens with one attached hydrogen (secondary N) is 2. The van der Waals surface area contributed by atoms with Crippen molar-refractivity contribution in [3.8, 4) is 0 Å². The highest BCUT2D eigenvalue weighted by atomic mass is 16.4. The van der Waals surface area contributed by atoms with E-state index in [4.69, 9.17) is 5.11 Å². The van der Waals surface area contributed by atoms with E-state index in [1.54, 1.807) is 0 Å². The summed E-state index contributed by atoms with van der Waals surface area (Å²) in [5, 5.41) is 14.3. The summed E-state index contributed by atoms with van der Waals surface area (Å²) >= 11 is 0. The van der Waals surface area contributed by atoms with Gasteiger partial charge in [-0.05, 0) is 19.3 Å². The minimum atomic E-state index is -0.984. The van der Waals surface area contributed by atoms with Crippen molar-refractivity contribution in [1.29, 1.82) is 0 Å². The quantitative estimate of drug-likeness (QED) is 0.625. The number of carbonyl (C=O) groups is 2. The molecule has 0 radical (unpaired) electrons. The molecule has 106 valence electrons. The SMILES string of the molecule is CCCC(NC(=O)NC(C)C(CC)CC)C(=O)O. The smallest absolute Gasteiger partial charge is 0.326 e. The molecule has 0 aliphatic carbocycles. The molecule has 0 saturated carbocycles. The van der Waals surface area contributed by atoms with Crippen LogP contribution in [0, 0.1) is 5.92 Å². The molecule has 0 fully saturated rings. The van der Waals surface area contributed by atoms with Gasteiger partial charge in [0.05, 0.1) is 0 Å². The van der Waals surface area contributed by atoms with Crippen molar-refractivity contribution in [2.75, 3.05) is 0 Å². The average Bonchev–Trinajstić information content (AvgIpc) is 2.29. The van der Waals surface area contributed by atoms with E-state index < -0.39 is 18.0 Å². The number of carboxylic acid groups (broad SMARTS) is 1. The van der Waals surface area contributed by atoms with Crippen LogP contribution in [0.1, 0.15) is 53.4 Å². The van der Waals surface area contributed by atoms with Gasteiger partial charge in [-0.25, -0.2) is 9.59 Å². The Morgan fingerprint density at radius 1 is 1.11 bits per heavy atom. The van der Waals surface area contributed by atoms with Crippen LogP contribution in [0.15, 0.2) is 0 Å². The van der Waals surface area contributed by atoms with Gasteiger partial charge in [0.2, 0.25) is 0 Å². The van der Waals surface area contributed by atoms with Crippen LogP contribution in [0.3, 0.4) is 0 Å². The van der Waals surface area contributed by atoms with E-state index >= 15 is 0 Å². The fourth-order valence-corrected chi connectivity index (χ4v) is 2.07. The van der Waals surface area contributed by atoms with Crippen LogP contribution in [-0.4, -0.2) is 29.2 Å². The van der Waals surface area contributed by atoms with Crippen molar-refractivity contribution >= 4 is 12.0 Å². The zero-order chi connectivity index (χ0) is 14.1. The molecule has 0 heterocycles. The maximum atomic E-state index is 11.7. The summed E-state index contributed by atoms with van der Waals surface area (Å²) in [5.74, 6) is -0.563. The Bertz CT molecular complexity index is 265. The van der Waals surface area contributed by atoms with Gasteiger partial charge in [-0.2, -0.15) is 0 Å². The molecule has 5 nitrogen and oxygen atoms in total. The minimum Gasteiger partial charge on any atom is -0.480 e. The van der Waals surface area contributed by atoms with Gasteiger partial charge in [-0.3, -0.25) is 0 Å². The van der Waals surface area contributed by atoms with Gasteiger partial charge in [-0.1, -0.05) is 40.0 Å². The Morgan fingerprint density at radius 3 is 2.06 bits per heavy atom. The zero-order valence-electron chi connectivity index (χ0n) is 11.8. The van der Waals surface area contributed by atoms with Gasteiger partial charge in [0, 0.05) is 6.04 Å². The minimum absolute atomic E-state index is 0.0519. The molecule has 0 saturated heterocycles. The Hall–Kier alpha value is -1.26. The molecule has 3 N–H and O–H groups in total. The lowest BCUT2D eigenvalue weighted by atomic mass is 9.96. The van der Waals surface area contributed by atoms with E-state index in [1.807, 2.05) is 13.8 Å². The maximum Gasteiger partial charge on any atom is 0.326 e. The summed E-state index contributed by atoms with van der Waals surface area (Å²) in [6, 6.07) is -1.14. The summed E-state index contributed by atoms with van der Waals surface area (Å²) in [5.41, 5.74) is 0. The summed E-state index contributed by atoms with van der Waals surface area (Å²) in [6.07, 6.45) is 3.16. The number of urea groups is 1. The van der Waals surface area contributed by atoms with Gasteiger partial charge in [0.1, 0.15) is 6.04 Å². The van der Waals surface area contributed by atoms with Crippen LogP contribution in [-0.2, 0) is 4.79 Å². The van der Waals surface area contributed by atoms with Crippen molar-refractivity contribution in [3.05, 3.63) is 0 Å². The molecule has 18 heavy (non-hydrogen) atoms. The van der Waals surface area contributed by atoms with Gasteiger partial charge in [0.15, 0.2) is 0 Å².